The van der Waals surface area contributed by atoms with E-state index in [0.717, 1.165) is 5.56 Å². The Balaban J connectivity index is 1.43. The van der Waals surface area contributed by atoms with Gasteiger partial charge in [-0.2, -0.15) is 0 Å². The van der Waals surface area contributed by atoms with E-state index in [9.17, 15) is 19.5 Å². The van der Waals surface area contributed by atoms with E-state index in [1.165, 1.54) is 9.78 Å². The van der Waals surface area contributed by atoms with Crippen LogP contribution in [0.4, 0.5) is 21.0 Å². The van der Waals surface area contributed by atoms with Crippen LogP contribution >= 0.6 is 11.3 Å². The normalized spacial score (nSPS) is 20.5. The number of aryl methyl sites for hydroxylation is 1. The topological polar surface area (TPSA) is 84.4 Å². The predicted molar refractivity (Wildman–Crippen MR) is 143 cm³/mol. The smallest absolute Gasteiger partial charge is 0.329 e. The van der Waals surface area contributed by atoms with E-state index in [1.807, 2.05) is 73.0 Å². The average Bonchev–Trinajstić information content (AvgIpc) is 3.44. The highest BCUT2D eigenvalue weighted by atomic mass is 32.1. The van der Waals surface area contributed by atoms with Crippen LogP contribution in [0.1, 0.15) is 23.3 Å². The molecule has 4 amide bonds. The molecule has 2 fully saturated rings. The number of para-hydroxylation sites is 2. The summed E-state index contributed by atoms with van der Waals surface area (Å²) < 4.78 is 0. The number of carboxylic acid groups (broad SMARTS) is 1. The summed E-state index contributed by atoms with van der Waals surface area (Å²) >= 11 is 1.64. The first-order chi connectivity index (χ1) is 17.8. The molecular weight excluding hydrogens is 488 g/mol. The number of hydrogen-bond donors (Lipinski definition) is 1. The lowest BCUT2D eigenvalue weighted by Gasteiger charge is -2.47. The molecule has 37 heavy (non-hydrogen) atoms. The lowest BCUT2D eigenvalue weighted by Crippen LogP contribution is -2.67. The van der Waals surface area contributed by atoms with Crippen LogP contribution in [0.25, 0.3) is 0 Å². The highest BCUT2D eigenvalue weighted by Crippen LogP contribution is 2.37. The molecule has 3 atom stereocenters. The van der Waals surface area contributed by atoms with Crippen LogP contribution in [0.3, 0.4) is 0 Å². The van der Waals surface area contributed by atoms with Gasteiger partial charge in [0, 0.05) is 25.0 Å². The average molecular weight is 519 g/mol. The lowest BCUT2D eigenvalue weighted by atomic mass is 10.0. The number of thiophene rings is 1. The summed E-state index contributed by atoms with van der Waals surface area (Å²) in [4.78, 5) is 47.7. The number of amides is 4. The summed E-state index contributed by atoms with van der Waals surface area (Å²) in [5.74, 6) is -1.10. The zero-order valence-electron chi connectivity index (χ0n) is 20.9. The Morgan fingerprint density at radius 3 is 2.14 bits per heavy atom. The summed E-state index contributed by atoms with van der Waals surface area (Å²) in [5.41, 5.74) is 2.36. The Kier molecular flexibility index (Phi) is 6.88. The summed E-state index contributed by atoms with van der Waals surface area (Å²) in [6.45, 7) is 2.65. The molecule has 3 heterocycles. The third-order valence-corrected chi connectivity index (χ3v) is 8.04. The second-order valence-corrected chi connectivity index (χ2v) is 10.7. The number of nitrogens with zero attached hydrogens (tertiary/aromatic N) is 4. The Morgan fingerprint density at radius 1 is 0.973 bits per heavy atom. The van der Waals surface area contributed by atoms with Gasteiger partial charge in [-0.3, -0.25) is 4.90 Å². The van der Waals surface area contributed by atoms with Crippen molar-refractivity contribution in [1.82, 2.24) is 14.7 Å². The van der Waals surface area contributed by atoms with Gasteiger partial charge in [0.15, 0.2) is 6.04 Å². The maximum atomic E-state index is 14.1. The van der Waals surface area contributed by atoms with Crippen molar-refractivity contribution in [2.45, 2.75) is 44.4 Å². The van der Waals surface area contributed by atoms with Crippen LogP contribution in [-0.4, -0.2) is 69.6 Å². The van der Waals surface area contributed by atoms with Crippen molar-refractivity contribution in [3.63, 3.8) is 0 Å². The number of piperazine rings is 1. The number of aliphatic carboxylic acids is 1. The predicted octanol–water partition coefficient (Wildman–Crippen LogP) is 5.17. The molecule has 2 bridgehead atoms. The van der Waals surface area contributed by atoms with Gasteiger partial charge in [-0.15, -0.1) is 11.3 Å². The fourth-order valence-corrected chi connectivity index (χ4v) is 6.21. The second kappa shape index (κ2) is 10.3. The minimum Gasteiger partial charge on any atom is -0.480 e. The molecule has 2 aromatic carbocycles. The van der Waals surface area contributed by atoms with Crippen molar-refractivity contribution in [2.75, 3.05) is 18.5 Å². The van der Waals surface area contributed by atoms with Crippen LogP contribution in [0, 0.1) is 6.92 Å². The van der Waals surface area contributed by atoms with Gasteiger partial charge in [0.25, 0.3) is 0 Å². The minimum atomic E-state index is -1.14. The standard InChI is InChI=1S/C28H30N4O4S/c1-19-15-20(18-37-19)16-29(2)27(35)32-23-13-14-24(32)25(26(33)34)30(17-23)28(36)31(21-9-5-3-6-10-21)22-11-7-4-8-12-22/h3-12,15,18,23-25H,13-14,16-17H2,1-2H3,(H,33,34)/t23-,24+,25-/m0/s1. The molecule has 2 aliphatic rings. The highest BCUT2D eigenvalue weighted by molar-refractivity contribution is 7.10. The number of benzene rings is 2. The van der Waals surface area contributed by atoms with Gasteiger partial charge in [0.2, 0.25) is 0 Å². The van der Waals surface area contributed by atoms with Crippen LogP contribution in [0.5, 0.6) is 0 Å². The van der Waals surface area contributed by atoms with Crippen molar-refractivity contribution in [2.24, 2.45) is 0 Å². The van der Waals surface area contributed by atoms with Crippen molar-refractivity contribution >= 4 is 40.7 Å². The first-order valence-corrected chi connectivity index (χ1v) is 13.2. The van der Waals surface area contributed by atoms with Gasteiger partial charge in [-0.25, -0.2) is 14.4 Å². The molecule has 192 valence electrons. The van der Waals surface area contributed by atoms with E-state index in [4.69, 9.17) is 0 Å². The monoisotopic (exact) mass is 518 g/mol. The fraction of sp³-hybridized carbons (Fsp3) is 0.321. The van der Waals surface area contributed by atoms with Crippen LogP contribution in [-0.2, 0) is 11.3 Å². The Hall–Kier alpha value is -3.85. The van der Waals surface area contributed by atoms with E-state index in [0.29, 0.717) is 30.8 Å². The van der Waals surface area contributed by atoms with Gasteiger partial charge < -0.3 is 19.8 Å². The zero-order chi connectivity index (χ0) is 26.1. The number of carboxylic acids is 1. The number of fused-ring (bicyclic) bond motifs is 2. The number of anilines is 2. The molecule has 8 nitrogen and oxygen atoms in total. The molecule has 1 N–H and O–H groups in total. The fourth-order valence-electron chi connectivity index (χ4n) is 5.51. The third-order valence-electron chi connectivity index (χ3n) is 7.12. The van der Waals surface area contributed by atoms with E-state index >= 15 is 0 Å². The summed E-state index contributed by atoms with van der Waals surface area (Å²) in [6, 6.07) is 17.9. The Labute approximate surface area is 220 Å². The number of hydrogen-bond acceptors (Lipinski definition) is 4. The molecule has 2 saturated heterocycles. The summed E-state index contributed by atoms with van der Waals surface area (Å²) in [6.07, 6.45) is 1.20. The highest BCUT2D eigenvalue weighted by Gasteiger charge is 2.54. The molecule has 2 aliphatic heterocycles. The van der Waals surface area contributed by atoms with Crippen molar-refractivity contribution in [3.05, 3.63) is 82.6 Å². The number of urea groups is 2. The van der Waals surface area contributed by atoms with E-state index < -0.39 is 24.1 Å². The third kappa shape index (κ3) is 4.79. The Morgan fingerprint density at radius 2 is 1.59 bits per heavy atom. The maximum Gasteiger partial charge on any atom is 0.329 e. The number of rotatable bonds is 5. The van der Waals surface area contributed by atoms with Gasteiger partial charge in [0.1, 0.15) is 0 Å². The van der Waals surface area contributed by atoms with Crippen molar-refractivity contribution in [1.29, 1.82) is 0 Å². The molecule has 0 saturated carbocycles. The molecule has 0 spiro atoms. The molecular formula is C28H30N4O4S. The second-order valence-electron chi connectivity index (χ2n) is 9.63. The number of carbonyl (C=O) groups is 3. The SMILES string of the molecule is Cc1cc(CN(C)C(=O)N2[C@H]3CC[C@@H]2[C@@H](C(=O)O)N(C(=O)N(c2ccccc2)c2ccccc2)C3)cs1. The first kappa shape index (κ1) is 24.8. The zero-order valence-corrected chi connectivity index (χ0v) is 21.7. The van der Waals surface area contributed by atoms with Crippen molar-refractivity contribution in [3.8, 4) is 0 Å². The van der Waals surface area contributed by atoms with Crippen molar-refractivity contribution < 1.29 is 19.5 Å². The number of carbonyl (C=O) groups excluding carboxylic acids is 2. The molecule has 0 aliphatic carbocycles. The lowest BCUT2D eigenvalue weighted by molar-refractivity contribution is -0.145. The minimum absolute atomic E-state index is 0.166. The van der Waals surface area contributed by atoms with Crippen LogP contribution < -0.4 is 4.90 Å². The Bertz CT molecular complexity index is 1240. The largest absolute Gasteiger partial charge is 0.480 e. The molecule has 0 radical (unpaired) electrons. The van der Waals surface area contributed by atoms with Gasteiger partial charge in [0.05, 0.1) is 23.5 Å². The molecule has 5 rings (SSSR count). The maximum absolute atomic E-state index is 14.1. The molecule has 9 heteroatoms. The molecule has 3 aromatic rings. The van der Waals surface area contributed by atoms with Crippen LogP contribution in [0.15, 0.2) is 72.1 Å². The van der Waals surface area contributed by atoms with E-state index in [-0.39, 0.29) is 18.6 Å². The van der Waals surface area contributed by atoms with Gasteiger partial charge in [-0.05, 0) is 61.0 Å². The molecule has 1 aromatic heterocycles. The van der Waals surface area contributed by atoms with Gasteiger partial charge >= 0.3 is 18.0 Å². The van der Waals surface area contributed by atoms with E-state index in [1.54, 1.807) is 33.1 Å². The van der Waals surface area contributed by atoms with Gasteiger partial charge in [-0.1, -0.05) is 36.4 Å². The summed E-state index contributed by atoms with van der Waals surface area (Å²) in [5, 5.41) is 12.3. The van der Waals surface area contributed by atoms with E-state index in [2.05, 4.69) is 6.07 Å². The first-order valence-electron chi connectivity index (χ1n) is 12.4. The number of likely N-dealkylation sites (tertiary alicyclic amines) is 1. The molecule has 0 unspecified atom stereocenters. The summed E-state index contributed by atoms with van der Waals surface area (Å²) in [7, 11) is 1.74. The quantitative estimate of drug-likeness (QED) is 0.505. The van der Waals surface area contributed by atoms with Crippen LogP contribution in [0.2, 0.25) is 0 Å².